The fourth-order valence-electron chi connectivity index (χ4n) is 3.56. The summed E-state index contributed by atoms with van der Waals surface area (Å²) in [5.41, 5.74) is 9.03. The van der Waals surface area contributed by atoms with Gasteiger partial charge in [0.2, 0.25) is 5.91 Å². The fraction of sp³-hybridized carbons (Fsp3) is 0.160. The van der Waals surface area contributed by atoms with Crippen molar-refractivity contribution in [2.45, 2.75) is 12.3 Å². The number of carbonyl (C=O) groups is 2. The van der Waals surface area contributed by atoms with Crippen LogP contribution in [0.1, 0.15) is 28.3 Å². The van der Waals surface area contributed by atoms with Gasteiger partial charge in [-0.25, -0.2) is 4.79 Å². The standard InChI is InChI=1S/C25H23N3O3/c26-15-23(24(29)28-21-9-6-20-16-27-13-12-19(20)14-21)17-7-10-22(11-8-17)31-25(30)18-4-2-1-3-5-18/h1-5,7-14,16,20,23H,6,15,26H2,(H,28,29). The molecule has 2 atom stereocenters. The lowest BCUT2D eigenvalue weighted by molar-refractivity contribution is -0.121. The molecule has 1 amide bonds. The van der Waals surface area contributed by atoms with Crippen molar-refractivity contribution < 1.29 is 14.3 Å². The normalized spacial score (nSPS) is 17.8. The van der Waals surface area contributed by atoms with Gasteiger partial charge < -0.3 is 15.8 Å². The molecule has 156 valence electrons. The molecule has 0 radical (unpaired) electrons. The molecule has 2 aromatic rings. The summed E-state index contributed by atoms with van der Waals surface area (Å²) in [6, 6.07) is 15.6. The lowest BCUT2D eigenvalue weighted by Crippen LogP contribution is -2.33. The van der Waals surface area contributed by atoms with Crippen LogP contribution in [0.2, 0.25) is 0 Å². The molecule has 1 aliphatic carbocycles. The molecule has 3 N–H and O–H groups in total. The first kappa shape index (κ1) is 20.5. The lowest BCUT2D eigenvalue weighted by Gasteiger charge is -2.22. The van der Waals surface area contributed by atoms with Crippen LogP contribution in [-0.4, -0.2) is 24.6 Å². The molecule has 2 aromatic carbocycles. The number of ether oxygens (including phenoxy) is 1. The van der Waals surface area contributed by atoms with Crippen LogP contribution in [0.25, 0.3) is 0 Å². The Balaban J connectivity index is 1.40. The number of nitrogens with one attached hydrogen (secondary N) is 1. The van der Waals surface area contributed by atoms with Gasteiger partial charge in [-0.1, -0.05) is 36.4 Å². The van der Waals surface area contributed by atoms with E-state index in [-0.39, 0.29) is 18.4 Å². The molecule has 6 nitrogen and oxygen atoms in total. The summed E-state index contributed by atoms with van der Waals surface area (Å²) in [7, 11) is 0. The van der Waals surface area contributed by atoms with E-state index in [9.17, 15) is 9.59 Å². The van der Waals surface area contributed by atoms with E-state index in [1.165, 1.54) is 0 Å². The van der Waals surface area contributed by atoms with Crippen LogP contribution in [0.15, 0.2) is 95.3 Å². The molecule has 0 saturated heterocycles. The summed E-state index contributed by atoms with van der Waals surface area (Å²) in [6.07, 6.45) is 10.4. The minimum atomic E-state index is -0.514. The summed E-state index contributed by atoms with van der Waals surface area (Å²) >= 11 is 0. The van der Waals surface area contributed by atoms with Gasteiger partial charge in [0.15, 0.2) is 0 Å². The summed E-state index contributed by atoms with van der Waals surface area (Å²) in [4.78, 5) is 29.2. The van der Waals surface area contributed by atoms with Crippen molar-refractivity contribution in [1.29, 1.82) is 0 Å². The molecule has 1 aliphatic heterocycles. The molecule has 31 heavy (non-hydrogen) atoms. The van der Waals surface area contributed by atoms with Crippen LogP contribution < -0.4 is 15.8 Å². The Morgan fingerprint density at radius 2 is 1.90 bits per heavy atom. The smallest absolute Gasteiger partial charge is 0.343 e. The number of esters is 1. The van der Waals surface area contributed by atoms with Crippen LogP contribution in [0.4, 0.5) is 0 Å². The SMILES string of the molecule is NCC(C(=O)NC1=CCC2C=NC=CC2=C1)c1ccc(OC(=O)c2ccccc2)cc1. The number of hydrogen-bond donors (Lipinski definition) is 2. The molecule has 1 heterocycles. The molecule has 6 heteroatoms. The Bertz CT molecular complexity index is 1080. The second-order valence-electron chi connectivity index (χ2n) is 7.36. The van der Waals surface area contributed by atoms with Crippen LogP contribution >= 0.6 is 0 Å². The summed E-state index contributed by atoms with van der Waals surface area (Å²) in [6.45, 7) is 0.161. The van der Waals surface area contributed by atoms with Gasteiger partial charge in [-0.05, 0) is 54.0 Å². The van der Waals surface area contributed by atoms with E-state index in [1.807, 2.05) is 30.5 Å². The Labute approximate surface area is 180 Å². The van der Waals surface area contributed by atoms with Gasteiger partial charge in [0.05, 0.1) is 11.5 Å². The van der Waals surface area contributed by atoms with Crippen molar-refractivity contribution >= 4 is 18.1 Å². The number of allylic oxidation sites excluding steroid dienone is 4. The lowest BCUT2D eigenvalue weighted by atomic mass is 9.90. The van der Waals surface area contributed by atoms with E-state index in [0.717, 1.165) is 23.3 Å². The molecule has 4 rings (SSSR count). The highest BCUT2D eigenvalue weighted by Crippen LogP contribution is 2.26. The minimum Gasteiger partial charge on any atom is -0.423 e. The monoisotopic (exact) mass is 413 g/mol. The van der Waals surface area contributed by atoms with Crippen molar-refractivity contribution in [3.8, 4) is 5.75 Å². The zero-order chi connectivity index (χ0) is 21.6. The predicted octanol–water partition coefficient (Wildman–Crippen LogP) is 3.49. The maximum atomic E-state index is 12.9. The van der Waals surface area contributed by atoms with Crippen molar-refractivity contribution in [3.63, 3.8) is 0 Å². The predicted molar refractivity (Wildman–Crippen MR) is 120 cm³/mol. The molecule has 2 unspecified atom stereocenters. The largest absolute Gasteiger partial charge is 0.423 e. The third-order valence-corrected chi connectivity index (χ3v) is 5.28. The zero-order valence-electron chi connectivity index (χ0n) is 16.9. The Hall–Kier alpha value is -3.77. The fourth-order valence-corrected chi connectivity index (χ4v) is 3.56. The number of nitrogens with two attached hydrogens (primary N) is 1. The van der Waals surface area contributed by atoms with Crippen molar-refractivity contribution in [1.82, 2.24) is 5.32 Å². The van der Waals surface area contributed by atoms with Crippen LogP contribution in [-0.2, 0) is 4.79 Å². The van der Waals surface area contributed by atoms with E-state index in [2.05, 4.69) is 10.3 Å². The number of rotatable bonds is 6. The molecular weight excluding hydrogens is 390 g/mol. The summed E-state index contributed by atoms with van der Waals surface area (Å²) in [5.74, 6) is -0.447. The van der Waals surface area contributed by atoms with Gasteiger partial charge >= 0.3 is 5.97 Å². The van der Waals surface area contributed by atoms with Crippen LogP contribution in [0.5, 0.6) is 5.75 Å². The number of nitrogens with zero attached hydrogens (tertiary/aromatic N) is 1. The quantitative estimate of drug-likeness (QED) is 0.560. The second-order valence-corrected chi connectivity index (χ2v) is 7.36. The number of amides is 1. The first-order valence-corrected chi connectivity index (χ1v) is 10.1. The Morgan fingerprint density at radius 1 is 1.13 bits per heavy atom. The van der Waals surface area contributed by atoms with Gasteiger partial charge in [-0.3, -0.25) is 9.79 Å². The van der Waals surface area contributed by atoms with Gasteiger partial charge in [0, 0.05) is 30.6 Å². The summed E-state index contributed by atoms with van der Waals surface area (Å²) in [5, 5.41) is 2.97. The van der Waals surface area contributed by atoms with Crippen molar-refractivity contribution in [2.24, 2.45) is 16.6 Å². The first-order valence-electron chi connectivity index (χ1n) is 10.1. The van der Waals surface area contributed by atoms with Gasteiger partial charge in [-0.15, -0.1) is 0 Å². The third-order valence-electron chi connectivity index (χ3n) is 5.28. The maximum Gasteiger partial charge on any atom is 0.343 e. The average Bonchev–Trinajstić information content (AvgIpc) is 2.81. The van der Waals surface area contributed by atoms with E-state index >= 15 is 0 Å². The minimum absolute atomic E-state index is 0.161. The van der Waals surface area contributed by atoms with E-state index in [4.69, 9.17) is 10.5 Å². The van der Waals surface area contributed by atoms with Crippen molar-refractivity contribution in [3.05, 3.63) is 101 Å². The molecule has 2 aliphatic rings. The van der Waals surface area contributed by atoms with Gasteiger partial charge in [0.1, 0.15) is 5.75 Å². The number of hydrogen-bond acceptors (Lipinski definition) is 5. The van der Waals surface area contributed by atoms with E-state index < -0.39 is 11.9 Å². The Kier molecular flexibility index (Phi) is 6.19. The van der Waals surface area contributed by atoms with Crippen LogP contribution in [0, 0.1) is 5.92 Å². The summed E-state index contributed by atoms with van der Waals surface area (Å²) < 4.78 is 5.40. The molecule has 0 aromatic heterocycles. The highest BCUT2D eigenvalue weighted by Gasteiger charge is 2.22. The first-order chi connectivity index (χ1) is 15.1. The van der Waals surface area contributed by atoms with Crippen LogP contribution in [0.3, 0.4) is 0 Å². The number of carbonyl (C=O) groups excluding carboxylic acids is 2. The third kappa shape index (κ3) is 4.87. The highest BCUT2D eigenvalue weighted by molar-refractivity contribution is 5.91. The topological polar surface area (TPSA) is 93.8 Å². The molecule has 0 bridgehead atoms. The molecular formula is C25H23N3O3. The average molecular weight is 413 g/mol. The van der Waals surface area contributed by atoms with Crippen molar-refractivity contribution in [2.75, 3.05) is 6.54 Å². The van der Waals surface area contributed by atoms with Gasteiger partial charge in [0.25, 0.3) is 0 Å². The number of aliphatic imine (C=N–C) groups is 1. The van der Waals surface area contributed by atoms with Gasteiger partial charge in [-0.2, -0.15) is 0 Å². The van der Waals surface area contributed by atoms with E-state index in [0.29, 0.717) is 11.3 Å². The zero-order valence-corrected chi connectivity index (χ0v) is 16.9. The molecule has 0 spiro atoms. The second kappa shape index (κ2) is 9.36. The van der Waals surface area contributed by atoms with E-state index in [1.54, 1.807) is 54.7 Å². The highest BCUT2D eigenvalue weighted by atomic mass is 16.5. The Morgan fingerprint density at radius 3 is 2.65 bits per heavy atom. The molecule has 0 saturated carbocycles. The number of benzene rings is 2. The number of fused-ring (bicyclic) bond motifs is 1. The maximum absolute atomic E-state index is 12.9. The molecule has 0 fully saturated rings.